The van der Waals surface area contributed by atoms with Gasteiger partial charge in [-0.05, 0) is 84.5 Å². The Morgan fingerprint density at radius 2 is 1.74 bits per heavy atom. The highest BCUT2D eigenvalue weighted by atomic mass is 35.5. The molecule has 3 aromatic carbocycles. The van der Waals surface area contributed by atoms with Crippen LogP contribution in [0.25, 0.3) is 11.1 Å². The average molecular weight is 485 g/mol. The third kappa shape index (κ3) is 3.94. The van der Waals surface area contributed by atoms with Gasteiger partial charge in [-0.3, -0.25) is 9.59 Å². The maximum atomic E-state index is 13.4. The van der Waals surface area contributed by atoms with Gasteiger partial charge in [0.15, 0.2) is 11.5 Å². The summed E-state index contributed by atoms with van der Waals surface area (Å²) in [6, 6.07) is 14.7. The molecule has 1 fully saturated rings. The number of nitrogens with one attached hydrogen (secondary N) is 1. The predicted octanol–water partition coefficient (Wildman–Crippen LogP) is 5.41. The highest BCUT2D eigenvalue weighted by Crippen LogP contribution is 2.52. The topological polar surface area (TPSA) is 90.7 Å². The van der Waals surface area contributed by atoms with Gasteiger partial charge in [-0.1, -0.05) is 23.7 Å². The molecular formula is C25H19ClF2N2O4. The number of carbonyl (C=O) groups excluding carboxylic acids is 2. The van der Waals surface area contributed by atoms with E-state index in [1.165, 1.54) is 18.2 Å². The third-order valence-corrected chi connectivity index (χ3v) is 6.35. The monoisotopic (exact) mass is 484 g/mol. The van der Waals surface area contributed by atoms with Crippen LogP contribution in [0, 0.1) is 6.92 Å². The summed E-state index contributed by atoms with van der Waals surface area (Å²) >= 11 is 6.17. The zero-order chi connectivity index (χ0) is 24.3. The highest BCUT2D eigenvalue weighted by molar-refractivity contribution is 6.31. The average Bonchev–Trinajstić information content (AvgIpc) is 3.51. The second-order valence-electron chi connectivity index (χ2n) is 8.49. The molecule has 0 radical (unpaired) electrons. The number of benzene rings is 3. The van der Waals surface area contributed by atoms with Gasteiger partial charge in [0, 0.05) is 16.3 Å². The van der Waals surface area contributed by atoms with Crippen LogP contribution in [-0.2, 0) is 10.2 Å². The lowest BCUT2D eigenvalue weighted by Crippen LogP contribution is -2.28. The first-order valence-electron chi connectivity index (χ1n) is 10.5. The summed E-state index contributed by atoms with van der Waals surface area (Å²) in [5, 5.41) is 3.30. The number of halogens is 3. The lowest BCUT2D eigenvalue weighted by Gasteiger charge is -2.17. The van der Waals surface area contributed by atoms with E-state index >= 15 is 0 Å². The summed E-state index contributed by atoms with van der Waals surface area (Å²) in [5.74, 6) is -1.00. The van der Waals surface area contributed by atoms with E-state index in [4.69, 9.17) is 17.3 Å². The van der Waals surface area contributed by atoms with Crippen molar-refractivity contribution in [3.8, 4) is 22.6 Å². The maximum absolute atomic E-state index is 13.4. The number of ether oxygens (including phenoxy) is 2. The Bertz CT molecular complexity index is 1350. The number of amides is 2. The Labute approximate surface area is 198 Å². The molecule has 3 aromatic rings. The van der Waals surface area contributed by atoms with Crippen LogP contribution in [0.1, 0.15) is 34.3 Å². The summed E-state index contributed by atoms with van der Waals surface area (Å²) in [7, 11) is 0. The van der Waals surface area contributed by atoms with Gasteiger partial charge in [-0.25, -0.2) is 0 Å². The Morgan fingerprint density at radius 3 is 2.44 bits per heavy atom. The van der Waals surface area contributed by atoms with Crippen molar-refractivity contribution in [3.05, 3.63) is 76.3 Å². The zero-order valence-electron chi connectivity index (χ0n) is 18.0. The van der Waals surface area contributed by atoms with E-state index in [1.54, 1.807) is 30.3 Å². The van der Waals surface area contributed by atoms with Crippen molar-refractivity contribution in [2.45, 2.75) is 31.5 Å². The number of alkyl halides is 2. The second kappa shape index (κ2) is 7.70. The van der Waals surface area contributed by atoms with Crippen LogP contribution in [0.3, 0.4) is 0 Å². The summed E-state index contributed by atoms with van der Waals surface area (Å²) in [6.07, 6.45) is -2.57. The zero-order valence-corrected chi connectivity index (χ0v) is 18.7. The fourth-order valence-corrected chi connectivity index (χ4v) is 4.40. The van der Waals surface area contributed by atoms with Gasteiger partial charge < -0.3 is 20.5 Å². The first-order valence-corrected chi connectivity index (χ1v) is 10.9. The van der Waals surface area contributed by atoms with Crippen LogP contribution in [0.5, 0.6) is 11.5 Å². The molecule has 2 amide bonds. The molecule has 1 heterocycles. The summed E-state index contributed by atoms with van der Waals surface area (Å²) < 4.78 is 35.7. The molecule has 0 atom stereocenters. The van der Waals surface area contributed by atoms with Crippen LogP contribution in [-0.4, -0.2) is 18.1 Å². The fraction of sp³-hybridized carbons (Fsp3) is 0.200. The van der Waals surface area contributed by atoms with Gasteiger partial charge in [0.25, 0.3) is 0 Å². The van der Waals surface area contributed by atoms with Gasteiger partial charge in [0.05, 0.1) is 5.41 Å². The molecule has 3 N–H and O–H groups in total. The number of fused-ring (bicyclic) bond motifs is 1. The normalized spacial score (nSPS) is 16.7. The number of primary amides is 1. The van der Waals surface area contributed by atoms with Crippen molar-refractivity contribution in [2.24, 2.45) is 5.73 Å². The van der Waals surface area contributed by atoms with Crippen molar-refractivity contribution in [3.63, 3.8) is 0 Å². The van der Waals surface area contributed by atoms with Gasteiger partial charge in [-0.2, -0.15) is 0 Å². The minimum atomic E-state index is -3.72. The molecule has 6 nitrogen and oxygen atoms in total. The second-order valence-corrected chi connectivity index (χ2v) is 8.92. The SMILES string of the molecule is Cc1ccc(NC(=O)C2(c3ccc4c(c3)OC(F)(F)O4)CC2)cc1-c1cc(Cl)cc(C(N)=O)c1. The standard InChI is InChI=1S/C25H19ClF2N2O4/c1-13-2-4-18(12-19(13)14-8-15(22(29)31)10-17(26)9-14)30-23(32)24(6-7-24)16-3-5-20-21(11-16)34-25(27,28)33-20/h2-5,8-12H,6-7H2,1H3,(H2,29,31)(H,30,32). The molecule has 0 unspecified atom stereocenters. The van der Waals surface area contributed by atoms with E-state index in [9.17, 15) is 18.4 Å². The molecule has 34 heavy (non-hydrogen) atoms. The molecule has 1 aliphatic heterocycles. The largest absolute Gasteiger partial charge is 0.586 e. The van der Waals surface area contributed by atoms with Crippen molar-refractivity contribution in [1.29, 1.82) is 0 Å². The highest BCUT2D eigenvalue weighted by Gasteiger charge is 2.52. The molecule has 0 spiro atoms. The number of anilines is 1. The molecule has 1 saturated carbocycles. The Balaban J connectivity index is 1.42. The minimum Gasteiger partial charge on any atom is -0.395 e. The summed E-state index contributed by atoms with van der Waals surface area (Å²) in [5.41, 5.74) is 8.35. The third-order valence-electron chi connectivity index (χ3n) is 6.13. The van der Waals surface area contributed by atoms with Crippen molar-refractivity contribution >= 4 is 29.1 Å². The van der Waals surface area contributed by atoms with Gasteiger partial charge >= 0.3 is 6.29 Å². The first-order chi connectivity index (χ1) is 16.1. The maximum Gasteiger partial charge on any atom is 0.586 e. The van der Waals surface area contributed by atoms with E-state index in [2.05, 4.69) is 14.8 Å². The molecule has 2 aliphatic rings. The van der Waals surface area contributed by atoms with Crippen molar-refractivity contribution in [2.75, 3.05) is 5.32 Å². The summed E-state index contributed by atoms with van der Waals surface area (Å²) in [4.78, 5) is 24.9. The van der Waals surface area contributed by atoms with Crippen molar-refractivity contribution in [1.82, 2.24) is 0 Å². The van der Waals surface area contributed by atoms with Crippen LogP contribution in [0.15, 0.2) is 54.6 Å². The molecule has 174 valence electrons. The molecule has 0 saturated heterocycles. The lowest BCUT2D eigenvalue weighted by molar-refractivity contribution is -0.286. The predicted molar refractivity (Wildman–Crippen MR) is 122 cm³/mol. The van der Waals surface area contributed by atoms with E-state index in [1.807, 2.05) is 13.0 Å². The van der Waals surface area contributed by atoms with Crippen LogP contribution in [0.4, 0.5) is 14.5 Å². The van der Waals surface area contributed by atoms with Gasteiger partial charge in [0.2, 0.25) is 11.8 Å². The van der Waals surface area contributed by atoms with Crippen molar-refractivity contribution < 1.29 is 27.8 Å². The molecule has 0 bridgehead atoms. The summed E-state index contributed by atoms with van der Waals surface area (Å²) in [6.45, 7) is 1.90. The number of aryl methyl sites for hydroxylation is 1. The number of hydrogen-bond donors (Lipinski definition) is 2. The van der Waals surface area contributed by atoms with Crippen LogP contribution >= 0.6 is 11.6 Å². The molecule has 0 aromatic heterocycles. The molecule has 1 aliphatic carbocycles. The molecule has 5 rings (SSSR count). The lowest BCUT2D eigenvalue weighted by atomic mass is 9.94. The smallest absolute Gasteiger partial charge is 0.395 e. The first kappa shape index (κ1) is 22.2. The quantitative estimate of drug-likeness (QED) is 0.507. The Morgan fingerprint density at radius 1 is 1.00 bits per heavy atom. The number of rotatable bonds is 5. The van der Waals surface area contributed by atoms with E-state index in [0.717, 1.165) is 11.1 Å². The number of carbonyl (C=O) groups is 2. The van der Waals surface area contributed by atoms with Crippen LogP contribution in [0.2, 0.25) is 5.02 Å². The minimum absolute atomic E-state index is 0.0648. The van der Waals surface area contributed by atoms with E-state index in [0.29, 0.717) is 34.7 Å². The van der Waals surface area contributed by atoms with E-state index < -0.39 is 17.6 Å². The Kier molecular flexibility index (Phi) is 5.02. The van der Waals surface area contributed by atoms with Gasteiger partial charge in [-0.15, -0.1) is 8.78 Å². The van der Waals surface area contributed by atoms with Crippen LogP contribution < -0.4 is 20.5 Å². The number of nitrogens with two attached hydrogens (primary N) is 1. The molecular weight excluding hydrogens is 466 g/mol. The Hall–Kier alpha value is -3.65. The van der Waals surface area contributed by atoms with E-state index in [-0.39, 0.29) is 23.0 Å². The fourth-order valence-electron chi connectivity index (χ4n) is 4.17. The van der Waals surface area contributed by atoms with Gasteiger partial charge in [0.1, 0.15) is 0 Å². The number of hydrogen-bond acceptors (Lipinski definition) is 4. The molecule has 9 heteroatoms.